The molecule has 0 aliphatic rings. The number of methoxy groups -OCH3 is 1. The number of hydrogen-bond acceptors (Lipinski definition) is 4. The third-order valence-electron chi connectivity index (χ3n) is 4.56. The first-order chi connectivity index (χ1) is 14.3. The number of ether oxygens (including phenoxy) is 1. The van der Waals surface area contributed by atoms with Gasteiger partial charge in [0.05, 0.1) is 25.6 Å². The summed E-state index contributed by atoms with van der Waals surface area (Å²) in [5.41, 5.74) is 3.03. The Bertz CT molecular complexity index is 1240. The Balaban J connectivity index is 1.89. The molecule has 0 radical (unpaired) electrons. The average Bonchev–Trinajstić information content (AvgIpc) is 3.18. The first-order valence-electron chi connectivity index (χ1n) is 9.29. The average molecular weight is 400 g/mol. The van der Waals surface area contributed by atoms with Crippen molar-refractivity contribution in [1.29, 1.82) is 0 Å². The molecule has 0 unspecified atom stereocenters. The van der Waals surface area contributed by atoms with Crippen LogP contribution in [0.2, 0.25) is 0 Å². The van der Waals surface area contributed by atoms with Crippen LogP contribution in [-0.2, 0) is 0 Å². The lowest BCUT2D eigenvalue weighted by molar-refractivity contribution is 0.414. The molecule has 0 spiro atoms. The summed E-state index contributed by atoms with van der Waals surface area (Å²) < 4.78 is 7.34. The highest BCUT2D eigenvalue weighted by molar-refractivity contribution is 7.07. The Hall–Kier alpha value is -3.44. The van der Waals surface area contributed by atoms with Crippen molar-refractivity contribution in [3.05, 3.63) is 95.1 Å². The summed E-state index contributed by atoms with van der Waals surface area (Å²) >= 11 is 1.57. The zero-order valence-electron chi connectivity index (χ0n) is 16.2. The molecule has 1 heterocycles. The summed E-state index contributed by atoms with van der Waals surface area (Å²) in [6.07, 6.45) is 3.60. The lowest BCUT2D eigenvalue weighted by atomic mass is 10.0. The number of fused-ring (bicyclic) bond motifs is 1. The fourth-order valence-corrected chi connectivity index (χ4v) is 4.03. The van der Waals surface area contributed by atoms with Crippen LogP contribution in [-0.4, -0.2) is 24.5 Å². The molecule has 0 amide bonds. The monoisotopic (exact) mass is 399 g/mol. The van der Waals surface area contributed by atoms with E-state index in [-0.39, 0.29) is 0 Å². The summed E-state index contributed by atoms with van der Waals surface area (Å²) in [5, 5.41) is 9.26. The zero-order valence-corrected chi connectivity index (χ0v) is 17.0. The minimum atomic E-state index is 0.541. The van der Waals surface area contributed by atoms with Gasteiger partial charge in [0.25, 0.3) is 0 Å². The molecule has 4 rings (SSSR count). The van der Waals surface area contributed by atoms with E-state index < -0.39 is 0 Å². The van der Waals surface area contributed by atoms with Gasteiger partial charge < -0.3 is 4.74 Å². The van der Waals surface area contributed by atoms with Gasteiger partial charge in [-0.15, -0.1) is 17.9 Å². The van der Waals surface area contributed by atoms with Crippen molar-refractivity contribution in [2.75, 3.05) is 13.7 Å². The summed E-state index contributed by atoms with van der Waals surface area (Å²) in [5.74, 6) is 0.781. The van der Waals surface area contributed by atoms with Crippen molar-refractivity contribution in [1.82, 2.24) is 4.68 Å². The molecular formula is C24H21N3OS. The van der Waals surface area contributed by atoms with Gasteiger partial charge in [-0.1, -0.05) is 60.7 Å². The first-order valence-corrected chi connectivity index (χ1v) is 10.2. The molecule has 0 fully saturated rings. The van der Waals surface area contributed by atoms with E-state index in [1.54, 1.807) is 24.5 Å². The number of aromatic nitrogens is 1. The topological polar surface area (TPSA) is 38.9 Å². The van der Waals surface area contributed by atoms with Crippen LogP contribution < -0.4 is 9.54 Å². The summed E-state index contributed by atoms with van der Waals surface area (Å²) in [4.78, 5) is 5.44. The molecule has 0 bridgehead atoms. The van der Waals surface area contributed by atoms with Crippen LogP contribution in [0.4, 0.5) is 0 Å². The van der Waals surface area contributed by atoms with Crippen LogP contribution in [0.25, 0.3) is 22.0 Å². The summed E-state index contributed by atoms with van der Waals surface area (Å²) in [6, 6.07) is 22.5. The summed E-state index contributed by atoms with van der Waals surface area (Å²) in [6.45, 7) is 4.32. The van der Waals surface area contributed by atoms with Crippen molar-refractivity contribution in [2.45, 2.75) is 0 Å². The molecule has 0 N–H and O–H groups in total. The molecule has 1 aromatic heterocycles. The van der Waals surface area contributed by atoms with Crippen molar-refractivity contribution in [3.63, 3.8) is 0 Å². The number of nitrogens with zero attached hydrogens (tertiary/aromatic N) is 3. The number of thiazole rings is 1. The molecule has 5 heteroatoms. The van der Waals surface area contributed by atoms with Gasteiger partial charge in [0.1, 0.15) is 5.75 Å². The van der Waals surface area contributed by atoms with E-state index in [1.165, 1.54) is 10.8 Å². The molecule has 4 aromatic rings. The Morgan fingerprint density at radius 1 is 1.03 bits per heavy atom. The number of benzene rings is 3. The molecule has 0 saturated heterocycles. The van der Waals surface area contributed by atoms with Gasteiger partial charge in [-0.3, -0.25) is 4.99 Å². The highest BCUT2D eigenvalue weighted by atomic mass is 32.1. The first kappa shape index (κ1) is 18.9. The zero-order chi connectivity index (χ0) is 20.1. The smallest absolute Gasteiger partial charge is 0.206 e. The maximum Gasteiger partial charge on any atom is 0.206 e. The molecule has 0 saturated carbocycles. The molecule has 144 valence electrons. The normalized spacial score (nSPS) is 12.0. The third-order valence-corrected chi connectivity index (χ3v) is 5.41. The standard InChI is InChI=1S/C24H21N3OS/c1-3-15-25-24-27(26-16-19-10-5-7-14-23(19)28-2)22(17-29-24)21-13-8-11-18-9-4-6-12-20(18)21/h3-14,16-17H,1,15H2,2H3. The molecule has 29 heavy (non-hydrogen) atoms. The van der Waals surface area contributed by atoms with Gasteiger partial charge >= 0.3 is 0 Å². The molecule has 0 atom stereocenters. The maximum absolute atomic E-state index is 5.45. The van der Waals surface area contributed by atoms with E-state index in [4.69, 9.17) is 9.84 Å². The van der Waals surface area contributed by atoms with Gasteiger partial charge in [0, 0.05) is 16.5 Å². The van der Waals surface area contributed by atoms with E-state index in [0.717, 1.165) is 27.4 Å². The fourth-order valence-electron chi connectivity index (χ4n) is 3.19. The van der Waals surface area contributed by atoms with E-state index in [9.17, 15) is 0 Å². The molecule has 0 aliphatic carbocycles. The van der Waals surface area contributed by atoms with Gasteiger partial charge in [-0.05, 0) is 22.9 Å². The molecule has 3 aromatic carbocycles. The third kappa shape index (κ3) is 3.91. The van der Waals surface area contributed by atoms with Crippen LogP contribution in [0, 0.1) is 0 Å². The minimum absolute atomic E-state index is 0.541. The number of rotatable bonds is 6. The van der Waals surface area contributed by atoms with E-state index in [0.29, 0.717) is 6.54 Å². The van der Waals surface area contributed by atoms with Crippen LogP contribution in [0.15, 0.2) is 94.9 Å². The second-order valence-electron chi connectivity index (χ2n) is 6.36. The van der Waals surface area contributed by atoms with Gasteiger partial charge in [-0.2, -0.15) is 5.10 Å². The second kappa shape index (κ2) is 8.71. The summed E-state index contributed by atoms with van der Waals surface area (Å²) in [7, 11) is 1.66. The van der Waals surface area contributed by atoms with E-state index in [2.05, 4.69) is 59.4 Å². The van der Waals surface area contributed by atoms with Crippen LogP contribution in [0.1, 0.15) is 5.56 Å². The predicted octanol–water partition coefficient (Wildman–Crippen LogP) is 5.35. The van der Waals surface area contributed by atoms with E-state index in [1.807, 2.05) is 35.2 Å². The minimum Gasteiger partial charge on any atom is -0.496 e. The maximum atomic E-state index is 5.45. The van der Waals surface area contributed by atoms with Crippen LogP contribution in [0.3, 0.4) is 0 Å². The van der Waals surface area contributed by atoms with Gasteiger partial charge in [0.2, 0.25) is 4.80 Å². The highest BCUT2D eigenvalue weighted by Gasteiger charge is 2.11. The van der Waals surface area contributed by atoms with Crippen molar-refractivity contribution < 1.29 is 4.74 Å². The van der Waals surface area contributed by atoms with Crippen molar-refractivity contribution in [2.24, 2.45) is 10.1 Å². The van der Waals surface area contributed by atoms with E-state index >= 15 is 0 Å². The Morgan fingerprint density at radius 2 is 1.83 bits per heavy atom. The van der Waals surface area contributed by atoms with Crippen molar-refractivity contribution >= 4 is 28.3 Å². The number of hydrogen-bond donors (Lipinski definition) is 0. The Morgan fingerprint density at radius 3 is 2.69 bits per heavy atom. The quantitative estimate of drug-likeness (QED) is 0.318. The van der Waals surface area contributed by atoms with Crippen LogP contribution in [0.5, 0.6) is 5.75 Å². The Labute approximate surface area is 173 Å². The second-order valence-corrected chi connectivity index (χ2v) is 7.19. The fraction of sp³-hybridized carbons (Fsp3) is 0.0833. The molecule has 4 nitrogen and oxygen atoms in total. The predicted molar refractivity (Wildman–Crippen MR) is 122 cm³/mol. The number of para-hydroxylation sites is 1. The largest absolute Gasteiger partial charge is 0.496 e. The molecular weight excluding hydrogens is 378 g/mol. The highest BCUT2D eigenvalue weighted by Crippen LogP contribution is 2.29. The lowest BCUT2D eigenvalue weighted by Gasteiger charge is -2.08. The molecule has 0 aliphatic heterocycles. The van der Waals surface area contributed by atoms with Gasteiger partial charge in [0.15, 0.2) is 0 Å². The lowest BCUT2D eigenvalue weighted by Crippen LogP contribution is -2.12. The SMILES string of the molecule is C=CCN=c1scc(-c2cccc3ccccc23)n1N=Cc1ccccc1OC. The Kier molecular flexibility index (Phi) is 5.68. The van der Waals surface area contributed by atoms with Gasteiger partial charge in [-0.25, -0.2) is 4.68 Å². The van der Waals surface area contributed by atoms with Crippen molar-refractivity contribution in [3.8, 4) is 17.0 Å². The van der Waals surface area contributed by atoms with Crippen LogP contribution >= 0.6 is 11.3 Å².